The lowest BCUT2D eigenvalue weighted by Crippen LogP contribution is -2.44. The van der Waals surface area contributed by atoms with Gasteiger partial charge in [0.1, 0.15) is 10.7 Å². The van der Waals surface area contributed by atoms with E-state index in [1.807, 2.05) is 0 Å². The molecule has 1 aliphatic carbocycles. The molecule has 0 amide bonds. The molecule has 3 N–H and O–H groups in total. The van der Waals surface area contributed by atoms with Crippen molar-refractivity contribution in [1.29, 1.82) is 0 Å². The Morgan fingerprint density at radius 2 is 2.10 bits per heavy atom. The fourth-order valence-electron chi connectivity index (χ4n) is 2.21. The molecule has 2 rings (SSSR count). The summed E-state index contributed by atoms with van der Waals surface area (Å²) in [5.41, 5.74) is 5.27. The van der Waals surface area contributed by atoms with Crippen molar-refractivity contribution in [3.8, 4) is 0 Å². The third-order valence-electron chi connectivity index (χ3n) is 3.29. The van der Waals surface area contributed by atoms with Crippen LogP contribution in [0.3, 0.4) is 0 Å². The summed E-state index contributed by atoms with van der Waals surface area (Å²) in [4.78, 5) is 9.13. The fourth-order valence-corrected chi connectivity index (χ4v) is 3.63. The quantitative estimate of drug-likeness (QED) is 0.633. The molecule has 1 aliphatic rings. The summed E-state index contributed by atoms with van der Waals surface area (Å²) in [6.07, 6.45) is 2.04. The molecule has 7 nitrogen and oxygen atoms in total. The van der Waals surface area contributed by atoms with Gasteiger partial charge in [0.25, 0.3) is 5.69 Å². The van der Waals surface area contributed by atoms with Crippen LogP contribution >= 0.6 is 0 Å². The molecule has 9 heteroatoms. The SMILES string of the molecule is NC1CCCC1NS(=O)(=O)c1cc([N+](=O)[O-])ccc1F. The Kier molecular flexibility index (Phi) is 4.02. The van der Waals surface area contributed by atoms with E-state index in [9.17, 15) is 22.9 Å². The number of non-ortho nitro benzene ring substituents is 1. The second kappa shape index (κ2) is 5.43. The van der Waals surface area contributed by atoms with Gasteiger partial charge in [0.2, 0.25) is 10.0 Å². The lowest BCUT2D eigenvalue weighted by atomic mass is 10.2. The van der Waals surface area contributed by atoms with Gasteiger partial charge in [-0.15, -0.1) is 0 Å². The molecule has 0 saturated heterocycles. The second-order valence-electron chi connectivity index (χ2n) is 4.69. The van der Waals surface area contributed by atoms with Crippen LogP contribution < -0.4 is 10.5 Å². The van der Waals surface area contributed by atoms with Gasteiger partial charge in [-0.3, -0.25) is 10.1 Å². The van der Waals surface area contributed by atoms with Crippen LogP contribution in [0.25, 0.3) is 0 Å². The average molecular weight is 303 g/mol. The van der Waals surface area contributed by atoms with E-state index in [0.717, 1.165) is 18.6 Å². The molecule has 0 radical (unpaired) electrons. The number of sulfonamides is 1. The van der Waals surface area contributed by atoms with E-state index in [0.29, 0.717) is 18.9 Å². The molecule has 2 unspecified atom stereocenters. The molecule has 1 saturated carbocycles. The third kappa shape index (κ3) is 2.94. The van der Waals surface area contributed by atoms with E-state index in [4.69, 9.17) is 5.73 Å². The zero-order valence-corrected chi connectivity index (χ0v) is 11.3. The van der Waals surface area contributed by atoms with Gasteiger partial charge in [0, 0.05) is 24.2 Å². The van der Waals surface area contributed by atoms with Crippen molar-refractivity contribution in [1.82, 2.24) is 4.72 Å². The van der Waals surface area contributed by atoms with Crippen molar-refractivity contribution >= 4 is 15.7 Å². The maximum atomic E-state index is 13.6. The molecule has 1 aromatic rings. The van der Waals surface area contributed by atoms with Crippen LogP contribution in [0.5, 0.6) is 0 Å². The maximum Gasteiger partial charge on any atom is 0.270 e. The van der Waals surface area contributed by atoms with E-state index < -0.39 is 37.4 Å². The van der Waals surface area contributed by atoms with Crippen molar-refractivity contribution < 1.29 is 17.7 Å². The lowest BCUT2D eigenvalue weighted by molar-refractivity contribution is -0.385. The van der Waals surface area contributed by atoms with Crippen molar-refractivity contribution in [2.45, 2.75) is 36.2 Å². The molecular weight excluding hydrogens is 289 g/mol. The summed E-state index contributed by atoms with van der Waals surface area (Å²) in [6.45, 7) is 0. The zero-order chi connectivity index (χ0) is 14.9. The van der Waals surface area contributed by atoms with Gasteiger partial charge < -0.3 is 5.73 Å². The van der Waals surface area contributed by atoms with Crippen molar-refractivity contribution in [2.24, 2.45) is 5.73 Å². The van der Waals surface area contributed by atoms with Crippen LogP contribution in [0.2, 0.25) is 0 Å². The van der Waals surface area contributed by atoms with E-state index in [1.54, 1.807) is 0 Å². The predicted octanol–water partition coefficient (Wildman–Crippen LogP) is 0.892. The summed E-state index contributed by atoms with van der Waals surface area (Å²) < 4.78 is 40.1. The number of hydrogen-bond acceptors (Lipinski definition) is 5. The number of nitrogens with zero attached hydrogens (tertiary/aromatic N) is 1. The Balaban J connectivity index is 2.33. The normalized spacial score (nSPS) is 22.9. The van der Waals surface area contributed by atoms with E-state index in [2.05, 4.69) is 4.72 Å². The van der Waals surface area contributed by atoms with Crippen molar-refractivity contribution in [2.75, 3.05) is 0 Å². The van der Waals surface area contributed by atoms with Crippen LogP contribution in [0.15, 0.2) is 23.1 Å². The number of halogens is 1. The number of nitrogens with one attached hydrogen (secondary N) is 1. The summed E-state index contributed by atoms with van der Waals surface area (Å²) in [6, 6.07) is 1.58. The summed E-state index contributed by atoms with van der Waals surface area (Å²) >= 11 is 0. The number of hydrogen-bond donors (Lipinski definition) is 2. The zero-order valence-electron chi connectivity index (χ0n) is 10.5. The molecule has 1 aromatic carbocycles. The molecule has 2 atom stereocenters. The Hall–Kier alpha value is -1.58. The lowest BCUT2D eigenvalue weighted by Gasteiger charge is -2.17. The minimum atomic E-state index is -4.17. The highest BCUT2D eigenvalue weighted by Gasteiger charge is 2.31. The first-order chi connectivity index (χ1) is 9.31. The highest BCUT2D eigenvalue weighted by Crippen LogP contribution is 2.24. The highest BCUT2D eigenvalue weighted by atomic mass is 32.2. The van der Waals surface area contributed by atoms with Gasteiger partial charge in [0.05, 0.1) is 4.92 Å². The molecule has 0 aliphatic heterocycles. The minimum absolute atomic E-state index is 0.327. The van der Waals surface area contributed by atoms with Crippen LogP contribution in [0.1, 0.15) is 19.3 Å². The number of nitro benzene ring substituents is 1. The number of rotatable bonds is 4. The number of benzene rings is 1. The molecule has 0 aromatic heterocycles. The highest BCUT2D eigenvalue weighted by molar-refractivity contribution is 7.89. The van der Waals surface area contributed by atoms with Gasteiger partial charge in [-0.1, -0.05) is 6.42 Å². The molecular formula is C11H14FN3O4S. The van der Waals surface area contributed by atoms with Gasteiger partial charge >= 0.3 is 0 Å². The van der Waals surface area contributed by atoms with Crippen LogP contribution in [0.4, 0.5) is 10.1 Å². The Labute approximate surface area is 115 Å². The van der Waals surface area contributed by atoms with Crippen LogP contribution in [-0.2, 0) is 10.0 Å². The van der Waals surface area contributed by atoms with E-state index >= 15 is 0 Å². The van der Waals surface area contributed by atoms with E-state index in [-0.39, 0.29) is 6.04 Å². The summed E-state index contributed by atoms with van der Waals surface area (Å²) in [5, 5.41) is 10.6. The monoisotopic (exact) mass is 303 g/mol. The molecule has 110 valence electrons. The predicted molar refractivity (Wildman–Crippen MR) is 69.0 cm³/mol. The summed E-state index contributed by atoms with van der Waals surface area (Å²) in [5.74, 6) is -1.03. The molecule has 0 spiro atoms. The number of nitro groups is 1. The van der Waals surface area contributed by atoms with Crippen LogP contribution in [0, 0.1) is 15.9 Å². The Bertz CT molecular complexity index is 635. The van der Waals surface area contributed by atoms with E-state index in [1.165, 1.54) is 0 Å². The first kappa shape index (κ1) is 14.8. The van der Waals surface area contributed by atoms with Gasteiger partial charge in [-0.2, -0.15) is 0 Å². The number of nitrogens with two attached hydrogens (primary N) is 1. The second-order valence-corrected chi connectivity index (χ2v) is 6.38. The Morgan fingerprint density at radius 1 is 1.40 bits per heavy atom. The largest absolute Gasteiger partial charge is 0.326 e. The van der Waals surface area contributed by atoms with Crippen molar-refractivity contribution in [3.05, 3.63) is 34.1 Å². The molecule has 0 heterocycles. The first-order valence-electron chi connectivity index (χ1n) is 6.03. The van der Waals surface area contributed by atoms with Gasteiger partial charge in [-0.05, 0) is 18.9 Å². The average Bonchev–Trinajstić information content (AvgIpc) is 2.74. The third-order valence-corrected chi connectivity index (χ3v) is 4.80. The topological polar surface area (TPSA) is 115 Å². The minimum Gasteiger partial charge on any atom is -0.326 e. The maximum absolute atomic E-state index is 13.6. The smallest absolute Gasteiger partial charge is 0.270 e. The fraction of sp³-hybridized carbons (Fsp3) is 0.455. The van der Waals surface area contributed by atoms with Crippen molar-refractivity contribution in [3.63, 3.8) is 0 Å². The summed E-state index contributed by atoms with van der Waals surface area (Å²) in [7, 11) is -4.17. The molecule has 0 bridgehead atoms. The Morgan fingerprint density at radius 3 is 2.65 bits per heavy atom. The van der Waals surface area contributed by atoms with Crippen LogP contribution in [-0.4, -0.2) is 25.4 Å². The standard InChI is InChI=1S/C11H14FN3O4S/c12-8-5-4-7(15(16)17)6-11(8)20(18,19)14-10-3-1-2-9(10)13/h4-6,9-10,14H,1-3,13H2. The molecule has 1 fully saturated rings. The molecule has 20 heavy (non-hydrogen) atoms. The van der Waals surface area contributed by atoms with Gasteiger partial charge in [-0.25, -0.2) is 17.5 Å². The first-order valence-corrected chi connectivity index (χ1v) is 7.51. The van der Waals surface area contributed by atoms with Gasteiger partial charge in [0.15, 0.2) is 0 Å².